The first-order valence-corrected chi connectivity index (χ1v) is 6.76. The number of hydrogen-bond acceptors (Lipinski definition) is 2. The molecular formula is C11H12BrIN2O. The molecule has 0 aliphatic carbocycles. The highest BCUT2D eigenvalue weighted by atomic mass is 127. The highest BCUT2D eigenvalue weighted by Gasteiger charge is 2.16. The third kappa shape index (κ3) is 2.57. The Kier molecular flexibility index (Phi) is 3.29. The Hall–Kier alpha value is -0.140. The largest absolute Gasteiger partial charge is 0.389 e. The number of rotatable bonds is 2. The smallest absolute Gasteiger partial charge is 0.106 e. The van der Waals surface area contributed by atoms with Gasteiger partial charge in [-0.3, -0.25) is 0 Å². The zero-order chi connectivity index (χ0) is 11.9. The fourth-order valence-electron chi connectivity index (χ4n) is 1.67. The maximum absolute atomic E-state index is 9.84. The Morgan fingerprint density at radius 1 is 1.56 bits per heavy atom. The predicted molar refractivity (Wildman–Crippen MR) is 76.4 cm³/mol. The molecule has 0 saturated carbocycles. The van der Waals surface area contributed by atoms with Crippen LogP contribution < -0.4 is 0 Å². The summed E-state index contributed by atoms with van der Waals surface area (Å²) < 4.78 is 4.04. The van der Waals surface area contributed by atoms with Crippen LogP contribution in [0.4, 0.5) is 0 Å². The number of hydrogen-bond donors (Lipinski definition) is 1. The number of fused-ring (bicyclic) bond motifs is 1. The summed E-state index contributed by atoms with van der Waals surface area (Å²) in [6, 6.07) is 2.00. The molecule has 0 aliphatic heterocycles. The lowest BCUT2D eigenvalue weighted by Gasteiger charge is -2.18. The third-order valence-corrected chi connectivity index (χ3v) is 3.54. The molecule has 2 heterocycles. The van der Waals surface area contributed by atoms with Gasteiger partial charge in [-0.25, -0.2) is 4.98 Å². The Bertz CT molecular complexity index is 530. The lowest BCUT2D eigenvalue weighted by Crippen LogP contribution is -2.25. The Morgan fingerprint density at radius 3 is 2.88 bits per heavy atom. The summed E-state index contributed by atoms with van der Waals surface area (Å²) in [7, 11) is 0. The van der Waals surface area contributed by atoms with E-state index in [0.29, 0.717) is 6.54 Å². The average Bonchev–Trinajstić information content (AvgIpc) is 2.40. The van der Waals surface area contributed by atoms with Gasteiger partial charge in [0, 0.05) is 15.2 Å². The molecule has 5 heteroatoms. The lowest BCUT2D eigenvalue weighted by molar-refractivity contribution is 0.0628. The maximum atomic E-state index is 9.84. The van der Waals surface area contributed by atoms with Gasteiger partial charge in [0.15, 0.2) is 0 Å². The minimum absolute atomic E-state index is 0.565. The number of nitrogens with zero attached hydrogens (tertiary/aromatic N) is 2. The van der Waals surface area contributed by atoms with Crippen molar-refractivity contribution in [3.8, 4) is 0 Å². The lowest BCUT2D eigenvalue weighted by atomic mass is 10.1. The number of halogens is 2. The van der Waals surface area contributed by atoms with Gasteiger partial charge in [-0.15, -0.1) is 0 Å². The SMILES string of the molecule is CC(C)(O)Cn1cc(I)c2cc(Br)ncc21. The molecule has 0 fully saturated rings. The van der Waals surface area contributed by atoms with E-state index in [9.17, 15) is 5.11 Å². The second kappa shape index (κ2) is 4.27. The van der Waals surface area contributed by atoms with Crippen molar-refractivity contribution in [1.82, 2.24) is 9.55 Å². The molecule has 0 atom stereocenters. The summed E-state index contributed by atoms with van der Waals surface area (Å²) >= 11 is 5.66. The first kappa shape index (κ1) is 12.3. The number of pyridine rings is 1. The molecule has 0 saturated heterocycles. The van der Waals surface area contributed by atoms with Crippen LogP contribution in [0.1, 0.15) is 13.8 Å². The van der Waals surface area contributed by atoms with Gasteiger partial charge in [0.05, 0.1) is 23.9 Å². The van der Waals surface area contributed by atoms with E-state index in [2.05, 4.69) is 43.5 Å². The molecular weight excluding hydrogens is 383 g/mol. The van der Waals surface area contributed by atoms with Crippen LogP contribution in [-0.2, 0) is 6.54 Å². The van der Waals surface area contributed by atoms with E-state index in [-0.39, 0.29) is 0 Å². The van der Waals surface area contributed by atoms with Crippen LogP contribution >= 0.6 is 38.5 Å². The van der Waals surface area contributed by atoms with Crippen molar-refractivity contribution in [1.29, 1.82) is 0 Å². The molecule has 86 valence electrons. The molecule has 2 rings (SSSR count). The fourth-order valence-corrected chi connectivity index (χ4v) is 2.77. The van der Waals surface area contributed by atoms with Crippen LogP contribution in [0.3, 0.4) is 0 Å². The van der Waals surface area contributed by atoms with Gasteiger partial charge in [-0.2, -0.15) is 0 Å². The molecule has 0 spiro atoms. The second-order valence-electron chi connectivity index (χ2n) is 4.44. The second-order valence-corrected chi connectivity index (χ2v) is 6.42. The van der Waals surface area contributed by atoms with E-state index in [4.69, 9.17) is 0 Å². The van der Waals surface area contributed by atoms with Crippen molar-refractivity contribution in [2.45, 2.75) is 26.0 Å². The monoisotopic (exact) mass is 394 g/mol. The van der Waals surface area contributed by atoms with E-state index in [0.717, 1.165) is 15.5 Å². The number of aliphatic hydroxyl groups is 1. The Labute approximate surface area is 116 Å². The van der Waals surface area contributed by atoms with Gasteiger partial charge in [0.1, 0.15) is 4.60 Å². The molecule has 2 aromatic rings. The van der Waals surface area contributed by atoms with Crippen LogP contribution in [0.25, 0.3) is 10.9 Å². The van der Waals surface area contributed by atoms with Crippen molar-refractivity contribution < 1.29 is 5.11 Å². The topological polar surface area (TPSA) is 38.0 Å². The average molecular weight is 395 g/mol. The normalized spacial score (nSPS) is 12.3. The van der Waals surface area contributed by atoms with Crippen LogP contribution in [-0.4, -0.2) is 20.3 Å². The van der Waals surface area contributed by atoms with E-state index < -0.39 is 5.60 Å². The summed E-state index contributed by atoms with van der Waals surface area (Å²) in [4.78, 5) is 4.22. The molecule has 0 radical (unpaired) electrons. The quantitative estimate of drug-likeness (QED) is 0.627. The van der Waals surface area contributed by atoms with Crippen molar-refractivity contribution >= 4 is 49.4 Å². The van der Waals surface area contributed by atoms with E-state index in [1.54, 1.807) is 13.8 Å². The van der Waals surface area contributed by atoms with Crippen LogP contribution in [0, 0.1) is 3.57 Å². The molecule has 0 amide bonds. The van der Waals surface area contributed by atoms with E-state index >= 15 is 0 Å². The first-order valence-electron chi connectivity index (χ1n) is 4.89. The van der Waals surface area contributed by atoms with E-state index in [1.165, 1.54) is 3.57 Å². The van der Waals surface area contributed by atoms with Crippen LogP contribution in [0.15, 0.2) is 23.1 Å². The fraction of sp³-hybridized carbons (Fsp3) is 0.364. The highest BCUT2D eigenvalue weighted by molar-refractivity contribution is 14.1. The zero-order valence-electron chi connectivity index (χ0n) is 9.04. The number of aromatic nitrogens is 2. The third-order valence-electron chi connectivity index (χ3n) is 2.24. The summed E-state index contributed by atoms with van der Waals surface area (Å²) in [6.45, 7) is 4.17. The van der Waals surface area contributed by atoms with Crippen molar-refractivity contribution in [2.24, 2.45) is 0 Å². The van der Waals surface area contributed by atoms with Gasteiger partial charge in [0.2, 0.25) is 0 Å². The van der Waals surface area contributed by atoms with Crippen molar-refractivity contribution in [3.63, 3.8) is 0 Å². The minimum Gasteiger partial charge on any atom is -0.389 e. The summed E-state index contributed by atoms with van der Waals surface area (Å²) in [5.74, 6) is 0. The summed E-state index contributed by atoms with van der Waals surface area (Å²) in [5.41, 5.74) is 0.331. The van der Waals surface area contributed by atoms with Gasteiger partial charge in [-0.05, 0) is 58.4 Å². The molecule has 3 nitrogen and oxygen atoms in total. The molecule has 0 bridgehead atoms. The highest BCUT2D eigenvalue weighted by Crippen LogP contribution is 2.25. The van der Waals surface area contributed by atoms with Crippen LogP contribution in [0.5, 0.6) is 0 Å². The molecule has 0 unspecified atom stereocenters. The zero-order valence-corrected chi connectivity index (χ0v) is 12.8. The van der Waals surface area contributed by atoms with Gasteiger partial charge in [0.25, 0.3) is 0 Å². The van der Waals surface area contributed by atoms with Crippen LogP contribution in [0.2, 0.25) is 0 Å². The Morgan fingerprint density at radius 2 is 2.25 bits per heavy atom. The molecule has 0 aliphatic rings. The maximum Gasteiger partial charge on any atom is 0.106 e. The van der Waals surface area contributed by atoms with Crippen molar-refractivity contribution in [3.05, 3.63) is 26.6 Å². The standard InChI is InChI=1S/C11H12BrIN2O/c1-11(2,16)6-15-5-8(13)7-3-10(12)14-4-9(7)15/h3-5,16H,6H2,1-2H3. The Balaban J connectivity index is 2.55. The molecule has 16 heavy (non-hydrogen) atoms. The van der Waals surface area contributed by atoms with Gasteiger partial charge >= 0.3 is 0 Å². The minimum atomic E-state index is -0.720. The first-order chi connectivity index (χ1) is 7.37. The molecule has 0 aromatic carbocycles. The summed E-state index contributed by atoms with van der Waals surface area (Å²) in [5, 5.41) is 11.0. The van der Waals surface area contributed by atoms with E-state index in [1.807, 2.05) is 23.0 Å². The summed E-state index contributed by atoms with van der Waals surface area (Å²) in [6.07, 6.45) is 3.87. The predicted octanol–water partition coefficient (Wildman–Crippen LogP) is 3.17. The molecule has 2 aromatic heterocycles. The van der Waals surface area contributed by atoms with Crippen molar-refractivity contribution in [2.75, 3.05) is 0 Å². The van der Waals surface area contributed by atoms with Gasteiger partial charge < -0.3 is 9.67 Å². The molecule has 1 N–H and O–H groups in total. The van der Waals surface area contributed by atoms with Gasteiger partial charge in [-0.1, -0.05) is 0 Å².